The third kappa shape index (κ3) is 6.22. The van der Waals surface area contributed by atoms with Gasteiger partial charge in [-0.3, -0.25) is 4.79 Å². The molecular formula is C36H42FN5O2. The lowest BCUT2D eigenvalue weighted by atomic mass is 9.89. The SMILES string of the molecule is C[C@H](c1c[nH]c2ccccc12)[C@@H](NC(=O)N1CCC(c2ccc(F)cc2)CC1)C(=O)N1CCCc2ccc(CN(C)C)cc21. The zero-order valence-electron chi connectivity index (χ0n) is 25.9. The molecule has 230 valence electrons. The van der Waals surface area contributed by atoms with Crippen LogP contribution >= 0.6 is 0 Å². The fraction of sp³-hybridized carbons (Fsp3) is 0.389. The molecule has 0 spiro atoms. The molecule has 1 fully saturated rings. The van der Waals surface area contributed by atoms with Crippen LogP contribution in [0.1, 0.15) is 60.3 Å². The number of H-pyrrole nitrogens is 1. The lowest BCUT2D eigenvalue weighted by Crippen LogP contribution is -2.56. The highest BCUT2D eigenvalue weighted by Crippen LogP contribution is 2.34. The van der Waals surface area contributed by atoms with E-state index in [1.807, 2.05) is 67.3 Å². The Kier molecular flexibility index (Phi) is 8.71. The van der Waals surface area contributed by atoms with E-state index in [-0.39, 0.29) is 29.6 Å². The molecule has 2 aliphatic rings. The van der Waals surface area contributed by atoms with Gasteiger partial charge >= 0.3 is 6.03 Å². The number of rotatable bonds is 7. The zero-order chi connectivity index (χ0) is 30.8. The van der Waals surface area contributed by atoms with Crippen molar-refractivity contribution in [2.45, 2.75) is 57.0 Å². The van der Waals surface area contributed by atoms with Gasteiger partial charge < -0.3 is 25.0 Å². The third-order valence-electron chi connectivity index (χ3n) is 9.31. The third-order valence-corrected chi connectivity index (χ3v) is 9.31. The van der Waals surface area contributed by atoms with Crippen molar-refractivity contribution in [3.05, 3.63) is 101 Å². The number of fused-ring (bicyclic) bond motifs is 2. The lowest BCUT2D eigenvalue weighted by Gasteiger charge is -2.37. The van der Waals surface area contributed by atoms with Crippen LogP contribution in [0.25, 0.3) is 10.9 Å². The van der Waals surface area contributed by atoms with Crippen LogP contribution in [0.15, 0.2) is 72.9 Å². The van der Waals surface area contributed by atoms with Gasteiger partial charge in [-0.1, -0.05) is 49.4 Å². The van der Waals surface area contributed by atoms with Gasteiger partial charge in [-0.05, 0) is 92.2 Å². The molecule has 1 aromatic heterocycles. The molecule has 0 aliphatic carbocycles. The number of piperidine rings is 1. The Morgan fingerprint density at radius 2 is 1.77 bits per heavy atom. The second kappa shape index (κ2) is 12.8. The molecule has 2 aliphatic heterocycles. The highest BCUT2D eigenvalue weighted by Gasteiger charge is 2.36. The number of para-hydroxylation sites is 1. The molecule has 2 atom stereocenters. The summed E-state index contributed by atoms with van der Waals surface area (Å²) in [7, 11) is 4.08. The minimum atomic E-state index is -0.750. The van der Waals surface area contributed by atoms with Gasteiger partial charge in [0, 0.05) is 54.9 Å². The predicted molar refractivity (Wildman–Crippen MR) is 173 cm³/mol. The van der Waals surface area contributed by atoms with Crippen LogP contribution in [0.3, 0.4) is 0 Å². The Morgan fingerprint density at radius 1 is 1.02 bits per heavy atom. The van der Waals surface area contributed by atoms with Gasteiger partial charge in [-0.15, -0.1) is 0 Å². The minimum absolute atomic E-state index is 0.0831. The van der Waals surface area contributed by atoms with Crippen molar-refractivity contribution >= 4 is 28.5 Å². The van der Waals surface area contributed by atoms with Crippen molar-refractivity contribution in [3.63, 3.8) is 0 Å². The van der Waals surface area contributed by atoms with E-state index in [0.717, 1.165) is 65.5 Å². The molecule has 1 saturated heterocycles. The predicted octanol–water partition coefficient (Wildman–Crippen LogP) is 6.41. The van der Waals surface area contributed by atoms with Gasteiger partial charge in [0.25, 0.3) is 0 Å². The summed E-state index contributed by atoms with van der Waals surface area (Å²) in [5.41, 5.74) is 6.39. The number of benzene rings is 3. The van der Waals surface area contributed by atoms with Crippen LogP contribution in [0.5, 0.6) is 0 Å². The maximum absolute atomic E-state index is 14.6. The number of carbonyl (C=O) groups is 2. The van der Waals surface area contributed by atoms with Crippen molar-refractivity contribution in [3.8, 4) is 0 Å². The number of hydrogen-bond donors (Lipinski definition) is 2. The number of aromatic amines is 1. The summed E-state index contributed by atoms with van der Waals surface area (Å²) < 4.78 is 13.5. The molecule has 3 heterocycles. The quantitative estimate of drug-likeness (QED) is 0.259. The summed E-state index contributed by atoms with van der Waals surface area (Å²) in [4.78, 5) is 37.6. The summed E-state index contributed by atoms with van der Waals surface area (Å²) in [5.74, 6) is -0.311. The average Bonchev–Trinajstić information content (AvgIpc) is 3.47. The van der Waals surface area contributed by atoms with Crippen molar-refractivity contribution in [2.24, 2.45) is 0 Å². The molecule has 6 rings (SSSR count). The smallest absolute Gasteiger partial charge is 0.318 e. The van der Waals surface area contributed by atoms with Crippen molar-refractivity contribution in [1.29, 1.82) is 0 Å². The van der Waals surface area contributed by atoms with Crippen LogP contribution in [0, 0.1) is 5.82 Å². The molecule has 3 amide bonds. The van der Waals surface area contributed by atoms with E-state index in [4.69, 9.17) is 0 Å². The first-order chi connectivity index (χ1) is 21.3. The van der Waals surface area contributed by atoms with E-state index in [9.17, 15) is 14.0 Å². The lowest BCUT2D eigenvalue weighted by molar-refractivity contribution is -0.121. The second-order valence-corrected chi connectivity index (χ2v) is 12.6. The van der Waals surface area contributed by atoms with Gasteiger partial charge in [0.1, 0.15) is 11.9 Å². The minimum Gasteiger partial charge on any atom is -0.361 e. The molecule has 0 unspecified atom stereocenters. The molecule has 0 bridgehead atoms. The number of amides is 3. The normalized spacial score (nSPS) is 17.0. The van der Waals surface area contributed by atoms with Crippen LogP contribution in [-0.4, -0.2) is 66.5 Å². The largest absolute Gasteiger partial charge is 0.361 e. The van der Waals surface area contributed by atoms with Gasteiger partial charge in [0.15, 0.2) is 0 Å². The number of hydrogen-bond acceptors (Lipinski definition) is 3. The molecule has 7 nitrogen and oxygen atoms in total. The van der Waals surface area contributed by atoms with E-state index in [2.05, 4.69) is 39.5 Å². The Balaban J connectivity index is 1.26. The van der Waals surface area contributed by atoms with E-state index in [1.165, 1.54) is 17.7 Å². The molecule has 3 aromatic carbocycles. The van der Waals surface area contributed by atoms with Crippen LogP contribution in [-0.2, 0) is 17.8 Å². The van der Waals surface area contributed by atoms with E-state index in [0.29, 0.717) is 19.6 Å². The first-order valence-corrected chi connectivity index (χ1v) is 15.7. The van der Waals surface area contributed by atoms with Crippen molar-refractivity contribution in [2.75, 3.05) is 38.6 Å². The number of aryl methyl sites for hydroxylation is 1. The molecule has 4 aromatic rings. The van der Waals surface area contributed by atoms with E-state index >= 15 is 0 Å². The topological polar surface area (TPSA) is 71.7 Å². The van der Waals surface area contributed by atoms with Gasteiger partial charge in [0.2, 0.25) is 5.91 Å². The van der Waals surface area contributed by atoms with E-state index in [1.54, 1.807) is 0 Å². The summed E-state index contributed by atoms with van der Waals surface area (Å²) in [6.45, 7) is 4.60. The average molecular weight is 596 g/mol. The molecule has 0 radical (unpaired) electrons. The summed E-state index contributed by atoms with van der Waals surface area (Å²) in [5, 5.41) is 4.26. The summed E-state index contributed by atoms with van der Waals surface area (Å²) >= 11 is 0. The van der Waals surface area contributed by atoms with Crippen molar-refractivity contribution in [1.82, 2.24) is 20.1 Å². The summed E-state index contributed by atoms with van der Waals surface area (Å²) in [6, 6.07) is 20.2. The molecule has 44 heavy (non-hydrogen) atoms. The van der Waals surface area contributed by atoms with Crippen molar-refractivity contribution < 1.29 is 14.0 Å². The first kappa shape index (κ1) is 29.9. The number of halogens is 1. The van der Waals surface area contributed by atoms with Gasteiger partial charge in [0.05, 0.1) is 0 Å². The molecule has 0 saturated carbocycles. The van der Waals surface area contributed by atoms with Gasteiger partial charge in [-0.25, -0.2) is 9.18 Å². The van der Waals surface area contributed by atoms with E-state index < -0.39 is 6.04 Å². The maximum atomic E-state index is 14.6. The second-order valence-electron chi connectivity index (χ2n) is 12.6. The number of aromatic nitrogens is 1. The van der Waals surface area contributed by atoms with Crippen LogP contribution < -0.4 is 10.2 Å². The molecule has 8 heteroatoms. The molecular weight excluding hydrogens is 553 g/mol. The van der Waals surface area contributed by atoms with Crippen LogP contribution in [0.4, 0.5) is 14.9 Å². The number of likely N-dealkylation sites (tertiary alicyclic amines) is 1. The zero-order valence-corrected chi connectivity index (χ0v) is 25.9. The van der Waals surface area contributed by atoms with Crippen LogP contribution in [0.2, 0.25) is 0 Å². The highest BCUT2D eigenvalue weighted by molar-refractivity contribution is 6.01. The van der Waals surface area contributed by atoms with Gasteiger partial charge in [-0.2, -0.15) is 0 Å². The Labute approximate surface area is 259 Å². The highest BCUT2D eigenvalue weighted by atomic mass is 19.1. The number of urea groups is 1. The standard InChI is InChI=1S/C36H42FN5O2/c1-24(31-22-38-32-9-5-4-8-30(31)32)34(35(43)42-18-6-7-28-11-10-25(21-33(28)42)23-40(2)3)39-36(44)41-19-16-27(17-20-41)26-12-14-29(37)15-13-26/h4-5,8-15,21-22,24,27,34,38H,6-7,16-20,23H2,1-3H3,(H,39,44)/t24-,34-/m1/s1. The number of anilines is 1. The number of nitrogens with zero attached hydrogens (tertiary/aromatic N) is 3. The number of carbonyl (C=O) groups excluding carboxylic acids is 2. The Bertz CT molecular complexity index is 1620. The summed E-state index contributed by atoms with van der Waals surface area (Å²) in [6.07, 6.45) is 5.37. The monoisotopic (exact) mass is 595 g/mol. The Hall–Kier alpha value is -4.17. The Morgan fingerprint density at radius 3 is 2.52 bits per heavy atom. The molecule has 2 N–H and O–H groups in total. The number of nitrogens with one attached hydrogen (secondary N) is 2. The first-order valence-electron chi connectivity index (χ1n) is 15.7. The maximum Gasteiger partial charge on any atom is 0.318 e. The fourth-order valence-corrected chi connectivity index (χ4v) is 6.91. The fourth-order valence-electron chi connectivity index (χ4n) is 6.91.